The van der Waals surface area contributed by atoms with E-state index in [2.05, 4.69) is 15.3 Å². The van der Waals surface area contributed by atoms with Crippen LogP contribution in [0, 0.1) is 6.92 Å². The number of ether oxygens (including phenoxy) is 2. The fraction of sp³-hybridized carbons (Fsp3) is 0.130. The quantitative estimate of drug-likeness (QED) is 0.448. The highest BCUT2D eigenvalue weighted by atomic mass is 35.5. The molecule has 0 aliphatic carbocycles. The molecular weight excluding hydrogens is 402 g/mol. The van der Waals surface area contributed by atoms with Gasteiger partial charge in [0.15, 0.2) is 11.5 Å². The van der Waals surface area contributed by atoms with Gasteiger partial charge in [-0.15, -0.1) is 0 Å². The number of fused-ring (bicyclic) bond motifs is 1. The Morgan fingerprint density at radius 2 is 1.80 bits per heavy atom. The molecule has 0 bridgehead atoms. The van der Waals surface area contributed by atoms with Gasteiger partial charge in [-0.05, 0) is 36.8 Å². The third-order valence-electron chi connectivity index (χ3n) is 4.83. The van der Waals surface area contributed by atoms with Gasteiger partial charge < -0.3 is 19.8 Å². The topological polar surface area (TPSA) is 76.2 Å². The number of methoxy groups -OCH3 is 2. The third-order valence-corrected chi connectivity index (χ3v) is 5.07. The van der Waals surface area contributed by atoms with Crippen molar-refractivity contribution in [3.63, 3.8) is 0 Å². The molecule has 0 saturated heterocycles. The van der Waals surface area contributed by atoms with Crippen LogP contribution in [0.2, 0.25) is 5.02 Å². The molecule has 1 aromatic heterocycles. The summed E-state index contributed by atoms with van der Waals surface area (Å²) in [5.41, 5.74) is 4.56. The molecule has 0 aliphatic rings. The molecule has 0 atom stereocenters. The number of hydrogen-bond acceptors (Lipinski definition) is 4. The molecule has 0 spiro atoms. The molecule has 0 radical (unpaired) electrons. The summed E-state index contributed by atoms with van der Waals surface area (Å²) in [6, 6.07) is 16.3. The average Bonchev–Trinajstić information content (AvgIpc) is 3.17. The number of halogens is 1. The van der Waals surface area contributed by atoms with Crippen molar-refractivity contribution in [2.24, 2.45) is 0 Å². The molecule has 1 heterocycles. The van der Waals surface area contributed by atoms with Gasteiger partial charge in [-0.2, -0.15) is 0 Å². The Balaban J connectivity index is 1.68. The Labute approximate surface area is 178 Å². The van der Waals surface area contributed by atoms with Gasteiger partial charge in [-0.25, -0.2) is 4.98 Å². The predicted molar refractivity (Wildman–Crippen MR) is 119 cm³/mol. The van der Waals surface area contributed by atoms with Gasteiger partial charge in [0.1, 0.15) is 5.82 Å². The van der Waals surface area contributed by atoms with Crippen LogP contribution in [0.25, 0.3) is 22.4 Å². The van der Waals surface area contributed by atoms with Crippen LogP contribution in [-0.2, 0) is 0 Å². The zero-order chi connectivity index (χ0) is 21.3. The number of benzene rings is 3. The summed E-state index contributed by atoms with van der Waals surface area (Å²) in [5, 5.41) is 3.47. The highest BCUT2D eigenvalue weighted by molar-refractivity contribution is 6.31. The number of nitrogens with zero attached hydrogens (tertiary/aromatic N) is 1. The first-order valence-electron chi connectivity index (χ1n) is 9.28. The van der Waals surface area contributed by atoms with Crippen molar-refractivity contribution in [1.82, 2.24) is 9.97 Å². The maximum Gasteiger partial charge on any atom is 0.255 e. The van der Waals surface area contributed by atoms with Crippen LogP contribution in [0.15, 0.2) is 54.6 Å². The lowest BCUT2D eigenvalue weighted by molar-refractivity contribution is 0.102. The number of amides is 1. The minimum Gasteiger partial charge on any atom is -0.493 e. The van der Waals surface area contributed by atoms with E-state index in [0.29, 0.717) is 33.6 Å². The number of imidazole rings is 1. The molecule has 6 nitrogen and oxygen atoms in total. The zero-order valence-electron chi connectivity index (χ0n) is 16.7. The van der Waals surface area contributed by atoms with E-state index in [-0.39, 0.29) is 5.91 Å². The Morgan fingerprint density at radius 1 is 1.03 bits per heavy atom. The second-order valence-electron chi connectivity index (χ2n) is 6.80. The summed E-state index contributed by atoms with van der Waals surface area (Å²) < 4.78 is 10.7. The SMILES string of the molecule is COc1cc2nc(-c3ccc(C)c(NC(=O)c4cccc(Cl)c4)c3)[nH]c2cc1OC. The second-order valence-corrected chi connectivity index (χ2v) is 7.24. The molecule has 1 amide bonds. The fourth-order valence-electron chi connectivity index (χ4n) is 3.20. The summed E-state index contributed by atoms with van der Waals surface area (Å²) in [7, 11) is 3.18. The van der Waals surface area contributed by atoms with Gasteiger partial charge in [0.25, 0.3) is 5.91 Å². The standard InChI is InChI=1S/C23H20ClN3O3/c1-13-7-8-14(10-17(13)27-23(28)15-5-4-6-16(24)9-15)22-25-18-11-20(29-2)21(30-3)12-19(18)26-22/h4-12H,1-3H3,(H,25,26)(H,27,28). The number of anilines is 1. The van der Waals surface area contributed by atoms with Gasteiger partial charge in [0.05, 0.1) is 25.3 Å². The van der Waals surface area contributed by atoms with Crippen LogP contribution in [0.3, 0.4) is 0 Å². The molecule has 0 saturated carbocycles. The maximum absolute atomic E-state index is 12.6. The molecule has 7 heteroatoms. The molecule has 3 aromatic carbocycles. The monoisotopic (exact) mass is 421 g/mol. The van der Waals surface area contributed by atoms with Crippen molar-refractivity contribution in [3.05, 3.63) is 70.7 Å². The first-order chi connectivity index (χ1) is 14.5. The predicted octanol–water partition coefficient (Wildman–Crippen LogP) is 5.46. The van der Waals surface area contributed by atoms with E-state index >= 15 is 0 Å². The Hall–Kier alpha value is -3.51. The van der Waals surface area contributed by atoms with E-state index in [1.54, 1.807) is 38.5 Å². The highest BCUT2D eigenvalue weighted by Gasteiger charge is 2.13. The van der Waals surface area contributed by atoms with Gasteiger partial charge >= 0.3 is 0 Å². The van der Waals surface area contributed by atoms with E-state index in [1.165, 1.54) is 0 Å². The van der Waals surface area contributed by atoms with Crippen LogP contribution in [-0.4, -0.2) is 30.1 Å². The number of aromatic nitrogens is 2. The highest BCUT2D eigenvalue weighted by Crippen LogP contribution is 2.33. The van der Waals surface area contributed by atoms with E-state index in [4.69, 9.17) is 21.1 Å². The van der Waals surface area contributed by atoms with E-state index in [9.17, 15) is 4.79 Å². The van der Waals surface area contributed by atoms with Crippen molar-refractivity contribution < 1.29 is 14.3 Å². The van der Waals surface area contributed by atoms with Crippen LogP contribution < -0.4 is 14.8 Å². The molecule has 0 unspecified atom stereocenters. The van der Waals surface area contributed by atoms with Crippen LogP contribution in [0.5, 0.6) is 11.5 Å². The number of aromatic amines is 1. The fourth-order valence-corrected chi connectivity index (χ4v) is 3.39. The Bertz CT molecular complexity index is 1210. The van der Waals surface area contributed by atoms with Crippen molar-refractivity contribution in [2.75, 3.05) is 19.5 Å². The summed E-state index contributed by atoms with van der Waals surface area (Å²) in [6.45, 7) is 1.94. The second kappa shape index (κ2) is 8.08. The lowest BCUT2D eigenvalue weighted by atomic mass is 10.1. The summed E-state index contributed by atoms with van der Waals surface area (Å²) in [6.07, 6.45) is 0. The average molecular weight is 422 g/mol. The number of H-pyrrole nitrogens is 1. The lowest BCUT2D eigenvalue weighted by Crippen LogP contribution is -2.12. The van der Waals surface area contributed by atoms with Crippen LogP contribution in [0.1, 0.15) is 15.9 Å². The summed E-state index contributed by atoms with van der Waals surface area (Å²) in [4.78, 5) is 20.6. The van der Waals surface area contributed by atoms with Gasteiger partial charge in [-0.3, -0.25) is 4.79 Å². The number of carbonyl (C=O) groups is 1. The van der Waals surface area contributed by atoms with Crippen molar-refractivity contribution in [2.45, 2.75) is 6.92 Å². The number of aryl methyl sites for hydroxylation is 1. The van der Waals surface area contributed by atoms with Crippen LogP contribution in [0.4, 0.5) is 5.69 Å². The van der Waals surface area contributed by atoms with Crippen molar-refractivity contribution in [3.8, 4) is 22.9 Å². The summed E-state index contributed by atoms with van der Waals surface area (Å²) >= 11 is 6.00. The Morgan fingerprint density at radius 3 is 2.53 bits per heavy atom. The molecule has 2 N–H and O–H groups in total. The Kier molecular flexibility index (Phi) is 5.33. The number of hydrogen-bond donors (Lipinski definition) is 2. The van der Waals surface area contributed by atoms with E-state index in [1.807, 2.05) is 37.3 Å². The first-order valence-corrected chi connectivity index (χ1v) is 9.66. The minimum atomic E-state index is -0.225. The molecule has 30 heavy (non-hydrogen) atoms. The number of nitrogens with one attached hydrogen (secondary N) is 2. The van der Waals surface area contributed by atoms with Gasteiger partial charge in [0.2, 0.25) is 0 Å². The molecule has 4 rings (SSSR count). The van der Waals surface area contributed by atoms with E-state index < -0.39 is 0 Å². The molecule has 4 aromatic rings. The van der Waals surface area contributed by atoms with Crippen LogP contribution >= 0.6 is 11.6 Å². The van der Waals surface area contributed by atoms with Gasteiger partial charge in [-0.1, -0.05) is 29.8 Å². The minimum absolute atomic E-state index is 0.225. The molecule has 152 valence electrons. The maximum atomic E-state index is 12.6. The van der Waals surface area contributed by atoms with Gasteiger partial charge in [0, 0.05) is 34.0 Å². The van der Waals surface area contributed by atoms with E-state index in [0.717, 1.165) is 22.2 Å². The van der Waals surface area contributed by atoms with Crippen molar-refractivity contribution in [1.29, 1.82) is 0 Å². The smallest absolute Gasteiger partial charge is 0.255 e. The lowest BCUT2D eigenvalue weighted by Gasteiger charge is -2.10. The third kappa shape index (κ3) is 3.82. The normalized spacial score (nSPS) is 10.8. The number of carbonyl (C=O) groups excluding carboxylic acids is 1. The largest absolute Gasteiger partial charge is 0.493 e. The molecule has 0 fully saturated rings. The number of rotatable bonds is 5. The molecule has 0 aliphatic heterocycles. The summed E-state index contributed by atoms with van der Waals surface area (Å²) in [5.74, 6) is 1.69. The molecular formula is C23H20ClN3O3. The first kappa shape index (κ1) is 19.8. The zero-order valence-corrected chi connectivity index (χ0v) is 17.5. The van der Waals surface area contributed by atoms with Crippen molar-refractivity contribution >= 4 is 34.2 Å².